The van der Waals surface area contributed by atoms with E-state index in [0.29, 0.717) is 0 Å². The van der Waals surface area contributed by atoms with Crippen molar-refractivity contribution in [2.45, 2.75) is 82.6 Å². The molecule has 0 N–H and O–H groups in total. The highest BCUT2D eigenvalue weighted by Crippen LogP contribution is 2.40. The van der Waals surface area contributed by atoms with Crippen LogP contribution in [0.5, 0.6) is 0 Å². The molecule has 0 spiro atoms. The van der Waals surface area contributed by atoms with Gasteiger partial charge in [0.2, 0.25) is 0 Å². The normalized spacial score (nSPS) is 29.9. The molecule has 7 nitrogen and oxygen atoms in total. The first-order valence-electron chi connectivity index (χ1n) is 7.85. The number of hydrogen-bond acceptors (Lipinski definition) is 7. The summed E-state index contributed by atoms with van der Waals surface area (Å²) in [7, 11) is 0. The lowest BCUT2D eigenvalue weighted by molar-refractivity contribution is -0.0798. The molecule has 0 aromatic heterocycles. The molecule has 1 saturated heterocycles. The predicted octanol–water partition coefficient (Wildman–Crippen LogP) is 4.11. The van der Waals surface area contributed by atoms with Crippen LogP contribution in [0.1, 0.15) is 48.5 Å². The van der Waals surface area contributed by atoms with E-state index in [-0.39, 0.29) is 6.61 Å². The van der Waals surface area contributed by atoms with E-state index in [9.17, 15) is 14.0 Å². The lowest BCUT2D eigenvalue weighted by Gasteiger charge is -2.27. The third-order valence-electron chi connectivity index (χ3n) is 3.00. The zero-order valence-electron chi connectivity index (χ0n) is 15.6. The van der Waals surface area contributed by atoms with Gasteiger partial charge < -0.3 is 23.7 Å². The predicted molar refractivity (Wildman–Crippen MR) is 90.4 cm³/mol. The average Bonchev–Trinajstić information content (AvgIpc) is 2.55. The van der Waals surface area contributed by atoms with Crippen LogP contribution in [0.4, 0.5) is 14.0 Å². The smallest absolute Gasteiger partial charge is 0.431 e. The standard InChI is InChI=1S/C16H26BrFO7/c1-14(2,3)24-12(19)21-8-9-10(16(7,18)11(17)22-9)23-13(20)25-15(4,5)6/h9-11H,8H2,1-7H3/t9-,10-,11+,16-/m1/s1. The minimum absolute atomic E-state index is 0.343. The van der Waals surface area contributed by atoms with E-state index in [4.69, 9.17) is 23.7 Å². The Morgan fingerprint density at radius 1 is 1.08 bits per heavy atom. The number of ether oxygens (including phenoxy) is 5. The Morgan fingerprint density at radius 2 is 1.56 bits per heavy atom. The zero-order chi connectivity index (χ0) is 19.6. The molecule has 1 fully saturated rings. The second-order valence-electron chi connectivity index (χ2n) is 7.92. The molecule has 4 atom stereocenters. The first kappa shape index (κ1) is 22.0. The number of alkyl halides is 2. The molecule has 1 aliphatic rings. The van der Waals surface area contributed by atoms with Crippen LogP contribution in [-0.2, 0) is 23.7 Å². The molecule has 0 amide bonds. The van der Waals surface area contributed by atoms with E-state index >= 15 is 0 Å². The largest absolute Gasteiger partial charge is 0.509 e. The first-order chi connectivity index (χ1) is 11.1. The van der Waals surface area contributed by atoms with Crippen LogP contribution in [0.2, 0.25) is 0 Å². The van der Waals surface area contributed by atoms with Crippen molar-refractivity contribution in [2.75, 3.05) is 6.61 Å². The number of carbonyl (C=O) groups is 2. The van der Waals surface area contributed by atoms with Gasteiger partial charge in [-0.1, -0.05) is 15.9 Å². The zero-order valence-corrected chi connectivity index (χ0v) is 17.1. The molecule has 1 rings (SSSR count). The Labute approximate surface area is 155 Å². The second-order valence-corrected chi connectivity index (χ2v) is 8.75. The van der Waals surface area contributed by atoms with Gasteiger partial charge in [0.05, 0.1) is 0 Å². The highest BCUT2D eigenvalue weighted by Gasteiger charge is 2.57. The molecule has 0 saturated carbocycles. The third kappa shape index (κ3) is 6.97. The molecule has 25 heavy (non-hydrogen) atoms. The maximum absolute atomic E-state index is 14.8. The van der Waals surface area contributed by atoms with Crippen LogP contribution >= 0.6 is 15.9 Å². The number of rotatable bonds is 3. The lowest BCUT2D eigenvalue weighted by atomic mass is 10.0. The summed E-state index contributed by atoms with van der Waals surface area (Å²) >= 11 is 3.05. The summed E-state index contributed by atoms with van der Waals surface area (Å²) in [5, 5.41) is -1.04. The summed E-state index contributed by atoms with van der Waals surface area (Å²) in [6.07, 6.45) is -4.30. The van der Waals surface area contributed by atoms with Gasteiger partial charge in [-0.05, 0) is 48.5 Å². The Hall–Kier alpha value is -1.09. The van der Waals surface area contributed by atoms with Gasteiger partial charge in [0, 0.05) is 0 Å². The molecule has 146 valence electrons. The van der Waals surface area contributed by atoms with E-state index < -0.39 is 46.4 Å². The highest BCUT2D eigenvalue weighted by molar-refractivity contribution is 9.09. The van der Waals surface area contributed by atoms with Gasteiger partial charge in [0.1, 0.15) is 23.9 Å². The molecule has 1 heterocycles. The van der Waals surface area contributed by atoms with E-state index in [2.05, 4.69) is 15.9 Å². The summed E-state index contributed by atoms with van der Waals surface area (Å²) < 4.78 is 40.3. The van der Waals surface area contributed by atoms with Crippen molar-refractivity contribution in [3.8, 4) is 0 Å². The van der Waals surface area contributed by atoms with Gasteiger partial charge in [-0.2, -0.15) is 0 Å². The first-order valence-corrected chi connectivity index (χ1v) is 8.77. The Balaban J connectivity index is 2.73. The fourth-order valence-corrected chi connectivity index (χ4v) is 2.51. The Bertz CT molecular complexity index is 496. The Morgan fingerprint density at radius 3 is 2.04 bits per heavy atom. The van der Waals surface area contributed by atoms with Crippen LogP contribution in [-0.4, -0.2) is 53.0 Å². The molecule has 0 radical (unpaired) electrons. The van der Waals surface area contributed by atoms with E-state index in [0.717, 1.165) is 0 Å². The molecule has 1 aliphatic heterocycles. The fourth-order valence-electron chi connectivity index (χ4n) is 1.98. The average molecular weight is 429 g/mol. The van der Waals surface area contributed by atoms with Gasteiger partial charge >= 0.3 is 12.3 Å². The molecule has 0 aromatic rings. The minimum Gasteiger partial charge on any atom is -0.431 e. The quantitative estimate of drug-likeness (QED) is 0.494. The van der Waals surface area contributed by atoms with E-state index in [1.54, 1.807) is 41.5 Å². The van der Waals surface area contributed by atoms with Gasteiger partial charge in [0.15, 0.2) is 16.8 Å². The molecule has 0 unspecified atom stereocenters. The maximum Gasteiger partial charge on any atom is 0.509 e. The fraction of sp³-hybridized carbons (Fsp3) is 0.875. The van der Waals surface area contributed by atoms with Crippen LogP contribution in [0.25, 0.3) is 0 Å². The monoisotopic (exact) mass is 428 g/mol. The van der Waals surface area contributed by atoms with Crippen molar-refractivity contribution in [2.24, 2.45) is 0 Å². The van der Waals surface area contributed by atoms with Gasteiger partial charge in [-0.15, -0.1) is 0 Å². The van der Waals surface area contributed by atoms with Crippen molar-refractivity contribution in [1.82, 2.24) is 0 Å². The van der Waals surface area contributed by atoms with Crippen molar-refractivity contribution < 1.29 is 37.7 Å². The van der Waals surface area contributed by atoms with Crippen LogP contribution in [0.3, 0.4) is 0 Å². The molecule has 9 heteroatoms. The minimum atomic E-state index is -2.04. The molecule has 0 bridgehead atoms. The summed E-state index contributed by atoms with van der Waals surface area (Å²) in [6, 6.07) is 0. The van der Waals surface area contributed by atoms with E-state index in [1.807, 2.05) is 0 Å². The molecule has 0 aromatic carbocycles. The number of hydrogen-bond donors (Lipinski definition) is 0. The Kier molecular flexibility index (Phi) is 6.72. The summed E-state index contributed by atoms with van der Waals surface area (Å²) in [4.78, 5) is 23.5. The maximum atomic E-state index is 14.8. The lowest BCUT2D eigenvalue weighted by Crippen LogP contribution is -2.45. The van der Waals surface area contributed by atoms with Crippen molar-refractivity contribution in [3.63, 3.8) is 0 Å². The summed E-state index contributed by atoms with van der Waals surface area (Å²) in [6.45, 7) is 10.9. The van der Waals surface area contributed by atoms with Crippen molar-refractivity contribution >= 4 is 28.2 Å². The molecule has 0 aliphatic carbocycles. The van der Waals surface area contributed by atoms with Crippen molar-refractivity contribution in [3.05, 3.63) is 0 Å². The number of halogens is 2. The summed E-state index contributed by atoms with van der Waals surface area (Å²) in [5.74, 6) is 0. The highest BCUT2D eigenvalue weighted by atomic mass is 79.9. The molecular weight excluding hydrogens is 403 g/mol. The topological polar surface area (TPSA) is 80.3 Å². The molecular formula is C16H26BrFO7. The van der Waals surface area contributed by atoms with Crippen LogP contribution in [0, 0.1) is 0 Å². The van der Waals surface area contributed by atoms with Gasteiger partial charge in [-0.25, -0.2) is 14.0 Å². The van der Waals surface area contributed by atoms with Crippen molar-refractivity contribution in [1.29, 1.82) is 0 Å². The summed E-state index contributed by atoms with van der Waals surface area (Å²) in [5.41, 5.74) is -3.56. The SMILES string of the molecule is CC(C)(C)OC(=O)OC[C@H]1O[C@H](Br)[C@](C)(F)[C@@H]1OC(=O)OC(C)(C)C. The van der Waals surface area contributed by atoms with Crippen LogP contribution in [0.15, 0.2) is 0 Å². The van der Waals surface area contributed by atoms with Gasteiger partial charge in [-0.3, -0.25) is 0 Å². The van der Waals surface area contributed by atoms with Gasteiger partial charge in [0.25, 0.3) is 0 Å². The van der Waals surface area contributed by atoms with E-state index in [1.165, 1.54) is 6.92 Å². The second kappa shape index (κ2) is 7.65. The van der Waals surface area contributed by atoms with Crippen LogP contribution < -0.4 is 0 Å². The number of carbonyl (C=O) groups excluding carboxylic acids is 2. The third-order valence-corrected chi connectivity index (χ3v) is 4.11.